The molecule has 0 saturated carbocycles. The lowest BCUT2D eigenvalue weighted by Gasteiger charge is -2.25. The van der Waals surface area contributed by atoms with Crippen molar-refractivity contribution in [2.24, 2.45) is 0 Å². The van der Waals surface area contributed by atoms with Crippen LogP contribution in [0.2, 0.25) is 0 Å². The molecule has 3 N–H and O–H groups in total. The van der Waals surface area contributed by atoms with Crippen molar-refractivity contribution in [3.8, 4) is 0 Å². The van der Waals surface area contributed by atoms with Crippen LogP contribution >= 0.6 is 7.82 Å². The van der Waals surface area contributed by atoms with Gasteiger partial charge in [-0.25, -0.2) is 4.57 Å². The van der Waals surface area contributed by atoms with Gasteiger partial charge in [-0.2, -0.15) is 0 Å². The van der Waals surface area contributed by atoms with Gasteiger partial charge in [-0.05, 0) is 19.3 Å². The average Bonchev–Trinajstić information content (AvgIpc) is 3.26. The number of aliphatic hydroxyl groups excluding tert-OH is 1. The van der Waals surface area contributed by atoms with Gasteiger partial charge in [-0.1, -0.05) is 276 Å². The maximum Gasteiger partial charge on any atom is 0.472 e. The second-order valence-electron chi connectivity index (χ2n) is 21.0. The van der Waals surface area contributed by atoms with E-state index in [9.17, 15) is 19.4 Å². The number of phosphoric acid groups is 1. The minimum atomic E-state index is -4.34. The molecule has 0 aromatic heterocycles. The molecule has 0 aromatic rings. The summed E-state index contributed by atoms with van der Waals surface area (Å²) < 4.78 is 23.7. The van der Waals surface area contributed by atoms with Crippen molar-refractivity contribution in [3.05, 3.63) is 12.2 Å². The molecule has 65 heavy (non-hydrogen) atoms. The number of quaternary nitrogens is 1. The van der Waals surface area contributed by atoms with Crippen molar-refractivity contribution in [2.45, 2.75) is 302 Å². The summed E-state index contributed by atoms with van der Waals surface area (Å²) in [5.74, 6) is -0.170. The molecule has 0 aliphatic rings. The van der Waals surface area contributed by atoms with E-state index in [4.69, 9.17) is 9.05 Å². The third kappa shape index (κ3) is 50.9. The quantitative estimate of drug-likeness (QED) is 0.0243. The van der Waals surface area contributed by atoms with Crippen LogP contribution in [-0.4, -0.2) is 73.4 Å². The third-order valence-corrected chi connectivity index (χ3v) is 14.2. The monoisotopic (exact) mass is 942 g/mol. The van der Waals surface area contributed by atoms with Crippen LogP contribution in [0.4, 0.5) is 0 Å². The maximum absolute atomic E-state index is 13.0. The Hall–Kier alpha value is -0.760. The van der Waals surface area contributed by atoms with E-state index in [2.05, 4.69) is 19.2 Å². The van der Waals surface area contributed by atoms with Gasteiger partial charge in [0, 0.05) is 6.42 Å². The highest BCUT2D eigenvalue weighted by Crippen LogP contribution is 2.43. The third-order valence-electron chi connectivity index (χ3n) is 13.3. The molecule has 0 aliphatic carbocycles. The van der Waals surface area contributed by atoms with E-state index in [1.54, 1.807) is 6.08 Å². The Bertz CT molecular complexity index is 1070. The largest absolute Gasteiger partial charge is 0.472 e. The Kier molecular flexibility index (Phi) is 47.7. The number of unbranched alkanes of at least 4 members (excludes halogenated alkanes) is 40. The first-order chi connectivity index (χ1) is 31.5. The molecule has 0 aliphatic heterocycles. The maximum atomic E-state index is 13.0. The first-order valence-electron chi connectivity index (χ1n) is 28.6. The van der Waals surface area contributed by atoms with E-state index in [1.807, 2.05) is 27.2 Å². The average molecular weight is 943 g/mol. The van der Waals surface area contributed by atoms with Gasteiger partial charge < -0.3 is 19.8 Å². The predicted octanol–water partition coefficient (Wildman–Crippen LogP) is 17.0. The van der Waals surface area contributed by atoms with Crippen molar-refractivity contribution >= 4 is 13.7 Å². The fourth-order valence-corrected chi connectivity index (χ4v) is 9.49. The molecule has 0 bridgehead atoms. The standard InChI is InChI=1S/C56H113N2O6P/c1-6-8-10-12-14-16-18-20-22-23-24-25-26-27-28-29-30-31-32-33-34-36-38-40-42-44-46-48-50-56(60)57-54(53-64-65(61,62)63-52-51-58(3,4)5)55(59)49-47-45-43-41-39-37-35-21-19-17-15-13-11-9-7-2/h47,49,54-55,59H,6-46,48,50-53H2,1-5H3,(H-,57,60,61,62)/p+1/b49-47+/t54-,55+/m0/s1. The van der Waals surface area contributed by atoms with Crippen LogP contribution in [0.15, 0.2) is 12.2 Å². The van der Waals surface area contributed by atoms with Gasteiger partial charge in [0.15, 0.2) is 0 Å². The lowest BCUT2D eigenvalue weighted by atomic mass is 10.0. The highest BCUT2D eigenvalue weighted by Gasteiger charge is 2.27. The van der Waals surface area contributed by atoms with Crippen LogP contribution in [0.5, 0.6) is 0 Å². The SMILES string of the molecule is CCCCCCCCCCCCCCC/C=C/[C@@H](O)[C@H](COP(=O)(O)OCC[N+](C)(C)C)NC(=O)CCCCCCCCCCCCCCCCCCCCCCCCCCCCCC. The first-order valence-corrected chi connectivity index (χ1v) is 30.1. The minimum Gasteiger partial charge on any atom is -0.387 e. The van der Waals surface area contributed by atoms with Gasteiger partial charge in [-0.3, -0.25) is 13.8 Å². The molecular formula is C56H114N2O6P+. The summed E-state index contributed by atoms with van der Waals surface area (Å²) in [4.78, 5) is 23.3. The molecule has 3 atom stereocenters. The molecule has 0 saturated heterocycles. The second-order valence-corrected chi connectivity index (χ2v) is 22.5. The molecular weight excluding hydrogens is 828 g/mol. The van der Waals surface area contributed by atoms with Gasteiger partial charge in [0.1, 0.15) is 13.2 Å². The Labute approximate surface area is 405 Å². The molecule has 1 amide bonds. The lowest BCUT2D eigenvalue weighted by molar-refractivity contribution is -0.870. The summed E-state index contributed by atoms with van der Waals surface area (Å²) in [6.07, 6.45) is 58.9. The van der Waals surface area contributed by atoms with E-state index in [0.717, 1.165) is 32.1 Å². The Balaban J connectivity index is 4.08. The van der Waals surface area contributed by atoms with E-state index in [1.165, 1.54) is 238 Å². The fraction of sp³-hybridized carbons (Fsp3) is 0.946. The summed E-state index contributed by atoms with van der Waals surface area (Å²) in [6.45, 7) is 4.86. The molecule has 388 valence electrons. The Morgan fingerprint density at radius 3 is 1.14 bits per heavy atom. The summed E-state index contributed by atoms with van der Waals surface area (Å²) in [6, 6.07) is -0.841. The van der Waals surface area contributed by atoms with Gasteiger partial charge in [0.05, 0.1) is 39.9 Å². The van der Waals surface area contributed by atoms with Crippen LogP contribution in [-0.2, 0) is 18.4 Å². The fourth-order valence-electron chi connectivity index (χ4n) is 8.75. The molecule has 0 heterocycles. The number of hydrogen-bond donors (Lipinski definition) is 3. The first kappa shape index (κ1) is 64.2. The number of rotatable bonds is 53. The summed E-state index contributed by atoms with van der Waals surface area (Å²) in [5, 5.41) is 13.9. The molecule has 0 radical (unpaired) electrons. The van der Waals surface area contributed by atoms with Gasteiger partial charge in [-0.15, -0.1) is 0 Å². The predicted molar refractivity (Wildman–Crippen MR) is 282 cm³/mol. The van der Waals surface area contributed by atoms with Crippen LogP contribution in [0, 0.1) is 0 Å². The smallest absolute Gasteiger partial charge is 0.387 e. The number of nitrogens with one attached hydrogen (secondary N) is 1. The van der Waals surface area contributed by atoms with E-state index in [-0.39, 0.29) is 19.1 Å². The van der Waals surface area contributed by atoms with E-state index in [0.29, 0.717) is 17.4 Å². The topological polar surface area (TPSA) is 105 Å². The van der Waals surface area contributed by atoms with Crippen LogP contribution < -0.4 is 5.32 Å². The van der Waals surface area contributed by atoms with Crippen molar-refractivity contribution in [1.29, 1.82) is 0 Å². The second kappa shape index (κ2) is 48.3. The Morgan fingerprint density at radius 2 is 0.815 bits per heavy atom. The van der Waals surface area contributed by atoms with Crippen molar-refractivity contribution in [3.63, 3.8) is 0 Å². The lowest BCUT2D eigenvalue weighted by Crippen LogP contribution is -2.45. The number of aliphatic hydroxyl groups is 1. The van der Waals surface area contributed by atoms with E-state index < -0.39 is 20.0 Å². The highest BCUT2D eigenvalue weighted by molar-refractivity contribution is 7.47. The van der Waals surface area contributed by atoms with E-state index >= 15 is 0 Å². The number of nitrogens with zero attached hydrogens (tertiary/aromatic N) is 1. The highest BCUT2D eigenvalue weighted by atomic mass is 31.2. The number of likely N-dealkylation sites (N-methyl/N-ethyl adjacent to an activating group) is 1. The van der Waals surface area contributed by atoms with Gasteiger partial charge >= 0.3 is 7.82 Å². The van der Waals surface area contributed by atoms with Crippen molar-refractivity contribution in [2.75, 3.05) is 40.9 Å². The van der Waals surface area contributed by atoms with Gasteiger partial charge in [0.25, 0.3) is 0 Å². The normalized spacial score (nSPS) is 14.0. The molecule has 9 heteroatoms. The minimum absolute atomic E-state index is 0.0650. The molecule has 0 spiro atoms. The van der Waals surface area contributed by atoms with Crippen molar-refractivity contribution in [1.82, 2.24) is 5.32 Å². The number of amides is 1. The summed E-state index contributed by atoms with van der Waals surface area (Å²) in [5.41, 5.74) is 0. The molecule has 8 nitrogen and oxygen atoms in total. The zero-order chi connectivity index (χ0) is 47.8. The molecule has 0 rings (SSSR count). The van der Waals surface area contributed by atoms with Gasteiger partial charge in [0.2, 0.25) is 5.91 Å². The Morgan fingerprint density at radius 1 is 0.508 bits per heavy atom. The van der Waals surface area contributed by atoms with Crippen molar-refractivity contribution < 1.29 is 32.9 Å². The zero-order valence-corrected chi connectivity index (χ0v) is 45.2. The number of phosphoric ester groups is 1. The number of carbonyl (C=O) groups excluding carboxylic acids is 1. The molecule has 0 fully saturated rings. The molecule has 0 aromatic carbocycles. The zero-order valence-electron chi connectivity index (χ0n) is 44.3. The van der Waals surface area contributed by atoms with Crippen LogP contribution in [0.25, 0.3) is 0 Å². The van der Waals surface area contributed by atoms with Crippen LogP contribution in [0.3, 0.4) is 0 Å². The number of carbonyl (C=O) groups is 1. The number of hydrogen-bond acceptors (Lipinski definition) is 5. The van der Waals surface area contributed by atoms with Crippen LogP contribution in [0.1, 0.15) is 290 Å². The number of allylic oxidation sites excluding steroid dienone is 1. The molecule has 1 unspecified atom stereocenters. The summed E-state index contributed by atoms with van der Waals surface area (Å²) in [7, 11) is 1.59. The summed E-state index contributed by atoms with van der Waals surface area (Å²) >= 11 is 0.